The van der Waals surface area contributed by atoms with Crippen LogP contribution in [-0.2, 0) is 11.2 Å². The Hall–Kier alpha value is -1.99. The van der Waals surface area contributed by atoms with Crippen molar-refractivity contribution in [1.82, 2.24) is 10.3 Å². The first-order valence-electron chi connectivity index (χ1n) is 6.38. The third-order valence-electron chi connectivity index (χ3n) is 3.04. The van der Waals surface area contributed by atoms with E-state index >= 15 is 0 Å². The predicted molar refractivity (Wildman–Crippen MR) is 82.2 cm³/mol. The number of rotatable bonds is 6. The number of carbonyl (C=O) groups excluding carboxylic acids is 2. The molecule has 0 aliphatic carbocycles. The lowest BCUT2D eigenvalue weighted by Crippen LogP contribution is -2.37. The Labute approximate surface area is 135 Å². The Balaban J connectivity index is 1.97. The normalized spacial score (nSPS) is 11.9. The molecule has 0 unspecified atom stereocenters. The van der Waals surface area contributed by atoms with E-state index < -0.39 is 17.7 Å². The van der Waals surface area contributed by atoms with Crippen LogP contribution in [0.5, 0.6) is 0 Å². The molecule has 5 nitrogen and oxygen atoms in total. The van der Waals surface area contributed by atoms with Gasteiger partial charge in [-0.2, -0.15) is 0 Å². The molecule has 0 fully saturated rings. The standard InChI is InChI=1S/C14H13ClFN3O2S/c15-12-11(22-7-19-12)14(21)18-6-9(13(17)20)5-8-1-3-10(16)4-2-8/h1-4,7,9H,5-6H2,(H2,17,20)(H,18,21)/t9-/m1/s1. The number of hydrogen-bond donors (Lipinski definition) is 2. The Morgan fingerprint density at radius 3 is 2.59 bits per heavy atom. The number of nitrogens with zero attached hydrogens (tertiary/aromatic N) is 1. The fourth-order valence-corrected chi connectivity index (χ4v) is 2.77. The minimum atomic E-state index is -0.596. The van der Waals surface area contributed by atoms with Crippen LogP contribution in [0.2, 0.25) is 5.15 Å². The van der Waals surface area contributed by atoms with Gasteiger partial charge in [-0.25, -0.2) is 9.37 Å². The first-order valence-corrected chi connectivity index (χ1v) is 7.64. The maximum atomic E-state index is 12.9. The van der Waals surface area contributed by atoms with Crippen molar-refractivity contribution < 1.29 is 14.0 Å². The molecular weight excluding hydrogens is 329 g/mol. The molecule has 1 atom stereocenters. The van der Waals surface area contributed by atoms with Gasteiger partial charge in [0.1, 0.15) is 10.7 Å². The van der Waals surface area contributed by atoms with E-state index in [2.05, 4.69) is 10.3 Å². The number of aromatic nitrogens is 1. The molecule has 2 aromatic rings. The molecule has 1 aromatic carbocycles. The number of nitrogens with two attached hydrogens (primary N) is 1. The molecule has 0 bridgehead atoms. The van der Waals surface area contributed by atoms with Gasteiger partial charge in [0.05, 0.1) is 11.4 Å². The Kier molecular flexibility index (Phi) is 5.46. The summed E-state index contributed by atoms with van der Waals surface area (Å²) in [6.45, 7) is 0.0692. The van der Waals surface area contributed by atoms with E-state index in [0.717, 1.165) is 16.9 Å². The SMILES string of the molecule is NC(=O)[C@@H](CNC(=O)c1scnc1Cl)Cc1ccc(F)cc1. The van der Waals surface area contributed by atoms with Crippen molar-refractivity contribution in [1.29, 1.82) is 0 Å². The summed E-state index contributed by atoms with van der Waals surface area (Å²) in [5.74, 6) is -1.90. The van der Waals surface area contributed by atoms with Crippen LogP contribution < -0.4 is 11.1 Å². The highest BCUT2D eigenvalue weighted by atomic mass is 35.5. The lowest BCUT2D eigenvalue weighted by Gasteiger charge is -2.14. The molecule has 2 rings (SSSR count). The molecule has 1 aromatic heterocycles. The van der Waals surface area contributed by atoms with E-state index in [1.165, 1.54) is 17.6 Å². The zero-order valence-electron chi connectivity index (χ0n) is 11.4. The van der Waals surface area contributed by atoms with Crippen LogP contribution >= 0.6 is 22.9 Å². The highest BCUT2D eigenvalue weighted by molar-refractivity contribution is 7.12. The molecule has 0 saturated heterocycles. The fraction of sp³-hybridized carbons (Fsp3) is 0.214. The summed E-state index contributed by atoms with van der Waals surface area (Å²) < 4.78 is 12.9. The summed E-state index contributed by atoms with van der Waals surface area (Å²) in [6, 6.07) is 5.77. The second kappa shape index (κ2) is 7.33. The molecule has 0 saturated carbocycles. The minimum absolute atomic E-state index is 0.0692. The zero-order chi connectivity index (χ0) is 16.1. The molecule has 0 aliphatic rings. The third kappa shape index (κ3) is 4.25. The van der Waals surface area contributed by atoms with Gasteiger partial charge in [-0.05, 0) is 24.1 Å². The van der Waals surface area contributed by atoms with Crippen molar-refractivity contribution in [3.8, 4) is 0 Å². The predicted octanol–water partition coefficient (Wildman–Crippen LogP) is 2.01. The van der Waals surface area contributed by atoms with Crippen LogP contribution in [-0.4, -0.2) is 23.3 Å². The van der Waals surface area contributed by atoms with Crippen LogP contribution in [0.3, 0.4) is 0 Å². The van der Waals surface area contributed by atoms with Crippen LogP contribution in [0.4, 0.5) is 4.39 Å². The molecule has 0 radical (unpaired) electrons. The summed E-state index contributed by atoms with van der Waals surface area (Å²) in [4.78, 5) is 27.5. The van der Waals surface area contributed by atoms with Gasteiger partial charge in [0.2, 0.25) is 5.91 Å². The molecule has 1 heterocycles. The van der Waals surface area contributed by atoms with Crippen molar-refractivity contribution in [2.75, 3.05) is 6.54 Å². The van der Waals surface area contributed by atoms with Gasteiger partial charge in [0.25, 0.3) is 5.91 Å². The second-order valence-corrected chi connectivity index (χ2v) is 5.82. The number of amides is 2. The molecule has 0 spiro atoms. The van der Waals surface area contributed by atoms with Gasteiger partial charge in [-0.3, -0.25) is 9.59 Å². The van der Waals surface area contributed by atoms with E-state index in [-0.39, 0.29) is 22.4 Å². The van der Waals surface area contributed by atoms with E-state index in [9.17, 15) is 14.0 Å². The average Bonchev–Trinajstić information content (AvgIpc) is 2.91. The highest BCUT2D eigenvalue weighted by Crippen LogP contribution is 2.18. The van der Waals surface area contributed by atoms with E-state index in [1.807, 2.05) is 0 Å². The van der Waals surface area contributed by atoms with Crippen LogP contribution in [0, 0.1) is 11.7 Å². The third-order valence-corrected chi connectivity index (χ3v) is 4.26. The first kappa shape index (κ1) is 16.4. The summed E-state index contributed by atoms with van der Waals surface area (Å²) >= 11 is 6.88. The molecule has 8 heteroatoms. The number of benzene rings is 1. The lowest BCUT2D eigenvalue weighted by atomic mass is 9.98. The van der Waals surface area contributed by atoms with Crippen molar-refractivity contribution in [2.45, 2.75) is 6.42 Å². The summed E-state index contributed by atoms with van der Waals surface area (Å²) in [5.41, 5.74) is 7.57. The van der Waals surface area contributed by atoms with Gasteiger partial charge < -0.3 is 11.1 Å². The van der Waals surface area contributed by atoms with Crippen molar-refractivity contribution in [3.05, 3.63) is 51.2 Å². The van der Waals surface area contributed by atoms with Crippen molar-refractivity contribution in [2.24, 2.45) is 11.7 Å². The number of halogens is 2. The quantitative estimate of drug-likeness (QED) is 0.842. The number of primary amides is 1. The Bertz CT molecular complexity index is 675. The van der Waals surface area contributed by atoms with Crippen molar-refractivity contribution in [3.63, 3.8) is 0 Å². The summed E-state index contributed by atoms with van der Waals surface area (Å²) in [5, 5.41) is 2.73. The van der Waals surface area contributed by atoms with Gasteiger partial charge in [0.15, 0.2) is 5.15 Å². The monoisotopic (exact) mass is 341 g/mol. The van der Waals surface area contributed by atoms with Crippen LogP contribution in [0.15, 0.2) is 29.8 Å². The van der Waals surface area contributed by atoms with E-state index in [1.54, 1.807) is 12.1 Å². The topological polar surface area (TPSA) is 85.1 Å². The van der Waals surface area contributed by atoms with Crippen LogP contribution in [0.1, 0.15) is 15.2 Å². The number of carbonyl (C=O) groups is 2. The van der Waals surface area contributed by atoms with Gasteiger partial charge >= 0.3 is 0 Å². The molecule has 22 heavy (non-hydrogen) atoms. The van der Waals surface area contributed by atoms with E-state index in [0.29, 0.717) is 6.42 Å². The van der Waals surface area contributed by atoms with E-state index in [4.69, 9.17) is 17.3 Å². The summed E-state index contributed by atoms with van der Waals surface area (Å²) in [6.07, 6.45) is 0.312. The van der Waals surface area contributed by atoms with Gasteiger partial charge in [-0.15, -0.1) is 11.3 Å². The fourth-order valence-electron chi connectivity index (χ4n) is 1.85. The zero-order valence-corrected chi connectivity index (χ0v) is 13.0. The Morgan fingerprint density at radius 2 is 2.05 bits per heavy atom. The molecular formula is C14H13ClFN3O2S. The average molecular weight is 342 g/mol. The first-order chi connectivity index (χ1) is 10.5. The maximum absolute atomic E-state index is 12.9. The molecule has 2 amide bonds. The number of nitrogens with one attached hydrogen (secondary N) is 1. The highest BCUT2D eigenvalue weighted by Gasteiger charge is 2.19. The number of hydrogen-bond acceptors (Lipinski definition) is 4. The largest absolute Gasteiger partial charge is 0.369 e. The van der Waals surface area contributed by atoms with Crippen LogP contribution in [0.25, 0.3) is 0 Å². The van der Waals surface area contributed by atoms with Gasteiger partial charge in [-0.1, -0.05) is 23.7 Å². The minimum Gasteiger partial charge on any atom is -0.369 e. The molecule has 116 valence electrons. The second-order valence-electron chi connectivity index (χ2n) is 4.61. The lowest BCUT2D eigenvalue weighted by molar-refractivity contribution is -0.121. The molecule has 0 aliphatic heterocycles. The smallest absolute Gasteiger partial charge is 0.264 e. The Morgan fingerprint density at radius 1 is 1.36 bits per heavy atom. The maximum Gasteiger partial charge on any atom is 0.264 e. The number of thiazole rings is 1. The van der Waals surface area contributed by atoms with Gasteiger partial charge in [0, 0.05) is 6.54 Å². The van der Waals surface area contributed by atoms with Crippen molar-refractivity contribution >= 4 is 34.8 Å². The molecule has 3 N–H and O–H groups in total. The summed E-state index contributed by atoms with van der Waals surface area (Å²) in [7, 11) is 0.